The number of aliphatic imine (C=N–C) groups is 1. The van der Waals surface area contributed by atoms with Crippen LogP contribution in [0.1, 0.15) is 5.56 Å². The maximum absolute atomic E-state index is 4.65. The zero-order valence-electron chi connectivity index (χ0n) is 11.1. The lowest BCUT2D eigenvalue weighted by atomic mass is 10.2. The van der Waals surface area contributed by atoms with Gasteiger partial charge in [0.1, 0.15) is 0 Å². The van der Waals surface area contributed by atoms with Crippen LogP contribution in [0.25, 0.3) is 10.9 Å². The summed E-state index contributed by atoms with van der Waals surface area (Å²) in [6.07, 6.45) is 0. The molecule has 4 rings (SSSR count). The van der Waals surface area contributed by atoms with Crippen molar-refractivity contribution in [2.45, 2.75) is 11.6 Å². The molecule has 21 heavy (non-hydrogen) atoms. The van der Waals surface area contributed by atoms with Crippen molar-refractivity contribution in [3.05, 3.63) is 58.6 Å². The second-order valence-corrected chi connectivity index (χ2v) is 6.75. The summed E-state index contributed by atoms with van der Waals surface area (Å²) >= 11 is 5.18. The van der Waals surface area contributed by atoms with Crippen molar-refractivity contribution in [2.75, 3.05) is 5.32 Å². The molecular weight excluding hydrogens is 346 g/mol. The maximum atomic E-state index is 4.65. The monoisotopic (exact) mass is 357 g/mol. The molecule has 2 N–H and O–H groups in total. The SMILES string of the molecule is Brc1ccc2[nH]c3c(c2c1)CN=C(Nc1ccccc1)S3. The Morgan fingerprint density at radius 1 is 1.14 bits per heavy atom. The normalized spacial score (nSPS) is 13.9. The molecule has 0 bridgehead atoms. The zero-order chi connectivity index (χ0) is 14.2. The fraction of sp³-hybridized carbons (Fsp3) is 0.0625. The minimum absolute atomic E-state index is 0.702. The van der Waals surface area contributed by atoms with Crippen LogP contribution in [0.3, 0.4) is 0 Å². The first-order valence-electron chi connectivity index (χ1n) is 6.64. The molecule has 0 saturated heterocycles. The Labute approximate surface area is 135 Å². The molecule has 0 fully saturated rings. The van der Waals surface area contributed by atoms with Crippen LogP contribution in [0.2, 0.25) is 0 Å². The quantitative estimate of drug-likeness (QED) is 0.642. The lowest BCUT2D eigenvalue weighted by Crippen LogP contribution is -2.11. The van der Waals surface area contributed by atoms with Gasteiger partial charge >= 0.3 is 0 Å². The Bertz CT molecular complexity index is 839. The van der Waals surface area contributed by atoms with Crippen LogP contribution >= 0.6 is 27.7 Å². The smallest absolute Gasteiger partial charge is 0.167 e. The number of fused-ring (bicyclic) bond motifs is 3. The second kappa shape index (κ2) is 5.24. The van der Waals surface area contributed by atoms with Crippen LogP contribution in [0.5, 0.6) is 0 Å². The largest absolute Gasteiger partial charge is 0.349 e. The van der Waals surface area contributed by atoms with Crippen LogP contribution in [0, 0.1) is 0 Å². The van der Waals surface area contributed by atoms with E-state index >= 15 is 0 Å². The fourth-order valence-corrected chi connectivity index (χ4v) is 3.74. The van der Waals surface area contributed by atoms with Gasteiger partial charge in [-0.3, -0.25) is 4.99 Å². The maximum Gasteiger partial charge on any atom is 0.167 e. The van der Waals surface area contributed by atoms with Gasteiger partial charge in [-0.05, 0) is 42.1 Å². The van der Waals surface area contributed by atoms with Crippen LogP contribution in [0.4, 0.5) is 5.69 Å². The van der Waals surface area contributed by atoms with E-state index in [0.717, 1.165) is 20.8 Å². The van der Waals surface area contributed by atoms with Crippen molar-refractivity contribution >= 4 is 49.4 Å². The van der Waals surface area contributed by atoms with Gasteiger partial charge in [-0.1, -0.05) is 34.1 Å². The Hall–Kier alpha value is -1.72. The summed E-state index contributed by atoms with van der Waals surface area (Å²) in [5.41, 5.74) is 3.49. The van der Waals surface area contributed by atoms with Crippen LogP contribution < -0.4 is 5.32 Å². The standard InChI is InChI=1S/C16H12BrN3S/c17-10-6-7-14-12(8-10)13-9-18-16(21-15(13)20-14)19-11-4-2-1-3-5-11/h1-8,20H,9H2,(H,18,19). The topological polar surface area (TPSA) is 40.2 Å². The number of rotatable bonds is 1. The molecule has 0 atom stereocenters. The minimum atomic E-state index is 0.702. The van der Waals surface area contributed by atoms with E-state index in [9.17, 15) is 0 Å². The summed E-state index contributed by atoms with van der Waals surface area (Å²) in [4.78, 5) is 8.13. The summed E-state index contributed by atoms with van der Waals surface area (Å²) in [5, 5.41) is 6.71. The minimum Gasteiger partial charge on any atom is -0.349 e. The molecule has 1 aliphatic heterocycles. The van der Waals surface area contributed by atoms with Gasteiger partial charge in [0.25, 0.3) is 0 Å². The average Bonchev–Trinajstić information content (AvgIpc) is 2.85. The third kappa shape index (κ3) is 2.47. The average molecular weight is 358 g/mol. The number of para-hydroxylation sites is 1. The Morgan fingerprint density at radius 2 is 2.00 bits per heavy atom. The summed E-state index contributed by atoms with van der Waals surface area (Å²) in [6, 6.07) is 16.4. The van der Waals surface area contributed by atoms with Gasteiger partial charge in [-0.15, -0.1) is 0 Å². The summed E-state index contributed by atoms with van der Waals surface area (Å²) < 4.78 is 1.10. The van der Waals surface area contributed by atoms with Crippen molar-refractivity contribution in [1.82, 2.24) is 4.98 Å². The highest BCUT2D eigenvalue weighted by Crippen LogP contribution is 2.35. The van der Waals surface area contributed by atoms with E-state index in [4.69, 9.17) is 0 Å². The number of thioether (sulfide) groups is 1. The highest BCUT2D eigenvalue weighted by atomic mass is 79.9. The van der Waals surface area contributed by atoms with E-state index in [2.05, 4.69) is 49.4 Å². The number of aromatic nitrogens is 1. The Balaban J connectivity index is 1.65. The van der Waals surface area contributed by atoms with E-state index in [-0.39, 0.29) is 0 Å². The van der Waals surface area contributed by atoms with Crippen molar-refractivity contribution < 1.29 is 0 Å². The van der Waals surface area contributed by atoms with Crippen molar-refractivity contribution in [2.24, 2.45) is 4.99 Å². The summed E-state index contributed by atoms with van der Waals surface area (Å²) in [6.45, 7) is 0.702. The Morgan fingerprint density at radius 3 is 2.86 bits per heavy atom. The fourth-order valence-electron chi connectivity index (χ4n) is 2.43. The Kier molecular flexibility index (Phi) is 3.24. The highest BCUT2D eigenvalue weighted by Gasteiger charge is 2.18. The van der Waals surface area contributed by atoms with E-state index in [1.54, 1.807) is 11.8 Å². The third-order valence-electron chi connectivity index (χ3n) is 3.43. The number of benzene rings is 2. The second-order valence-electron chi connectivity index (χ2n) is 4.84. The molecule has 0 aliphatic carbocycles. The molecule has 0 spiro atoms. The molecule has 5 heteroatoms. The number of H-pyrrole nitrogens is 1. The van der Waals surface area contributed by atoms with E-state index < -0.39 is 0 Å². The first-order valence-corrected chi connectivity index (χ1v) is 8.25. The molecule has 3 nitrogen and oxygen atoms in total. The van der Waals surface area contributed by atoms with Gasteiger partial charge in [-0.2, -0.15) is 0 Å². The van der Waals surface area contributed by atoms with Crippen molar-refractivity contribution in [3.8, 4) is 0 Å². The first-order chi connectivity index (χ1) is 10.3. The first kappa shape index (κ1) is 13.0. The number of halogens is 1. The van der Waals surface area contributed by atoms with E-state index in [1.807, 2.05) is 30.3 Å². The molecule has 104 valence electrons. The molecule has 2 aromatic carbocycles. The number of nitrogens with zero attached hydrogens (tertiary/aromatic N) is 1. The van der Waals surface area contributed by atoms with Gasteiger partial charge in [0, 0.05) is 26.6 Å². The zero-order valence-corrected chi connectivity index (χ0v) is 13.5. The van der Waals surface area contributed by atoms with Crippen LogP contribution in [-0.4, -0.2) is 10.2 Å². The van der Waals surface area contributed by atoms with Gasteiger partial charge in [-0.25, -0.2) is 0 Å². The van der Waals surface area contributed by atoms with Crippen molar-refractivity contribution in [1.29, 1.82) is 0 Å². The molecule has 2 heterocycles. The number of hydrogen-bond acceptors (Lipinski definition) is 3. The molecule has 0 unspecified atom stereocenters. The predicted octanol–water partition coefficient (Wildman–Crippen LogP) is 5.00. The van der Waals surface area contributed by atoms with Gasteiger partial charge < -0.3 is 10.3 Å². The molecule has 1 aliphatic rings. The van der Waals surface area contributed by atoms with E-state index in [1.165, 1.54) is 16.0 Å². The molecule has 3 aromatic rings. The number of amidine groups is 1. The van der Waals surface area contributed by atoms with Crippen molar-refractivity contribution in [3.63, 3.8) is 0 Å². The summed E-state index contributed by atoms with van der Waals surface area (Å²) in [5.74, 6) is 0. The number of nitrogens with one attached hydrogen (secondary N) is 2. The molecular formula is C16H12BrN3S. The van der Waals surface area contributed by atoms with Gasteiger partial charge in [0.05, 0.1) is 11.6 Å². The molecule has 0 saturated carbocycles. The lowest BCUT2D eigenvalue weighted by molar-refractivity contribution is 1.01. The van der Waals surface area contributed by atoms with E-state index in [0.29, 0.717) is 6.54 Å². The number of hydrogen-bond donors (Lipinski definition) is 2. The number of aromatic amines is 1. The van der Waals surface area contributed by atoms with Crippen LogP contribution in [-0.2, 0) is 6.54 Å². The number of anilines is 1. The molecule has 0 radical (unpaired) electrons. The van der Waals surface area contributed by atoms with Gasteiger partial charge in [0.15, 0.2) is 5.17 Å². The van der Waals surface area contributed by atoms with Gasteiger partial charge in [0.2, 0.25) is 0 Å². The third-order valence-corrected chi connectivity index (χ3v) is 4.90. The molecule has 1 aromatic heterocycles. The lowest BCUT2D eigenvalue weighted by Gasteiger charge is -2.14. The molecule has 0 amide bonds. The van der Waals surface area contributed by atoms with Crippen LogP contribution in [0.15, 0.2) is 63.0 Å². The summed E-state index contributed by atoms with van der Waals surface area (Å²) in [7, 11) is 0. The predicted molar refractivity (Wildman–Crippen MR) is 93.1 cm³/mol. The highest BCUT2D eigenvalue weighted by molar-refractivity contribution is 9.10.